The van der Waals surface area contributed by atoms with Crippen LogP contribution in [0.3, 0.4) is 0 Å². The van der Waals surface area contributed by atoms with Gasteiger partial charge in [-0.25, -0.2) is 0 Å². The van der Waals surface area contributed by atoms with Crippen LogP contribution in [0.25, 0.3) is 0 Å². The van der Waals surface area contributed by atoms with Crippen molar-refractivity contribution in [2.75, 3.05) is 7.05 Å². The van der Waals surface area contributed by atoms with Gasteiger partial charge in [-0.3, -0.25) is 4.79 Å². The largest absolute Gasteiger partial charge is 0.481 e. The molecule has 0 heterocycles. The van der Waals surface area contributed by atoms with E-state index in [-0.39, 0.29) is 18.5 Å². The Morgan fingerprint density at radius 3 is 2.29 bits per heavy atom. The molecule has 0 fully saturated rings. The normalized spacial score (nSPS) is 14.2. The average molecular weight is 266 g/mol. The predicted molar refractivity (Wildman–Crippen MR) is 65.9 cm³/mol. The summed E-state index contributed by atoms with van der Waals surface area (Å²) in [5, 5.41) is 8.47. The van der Waals surface area contributed by atoms with Gasteiger partial charge in [0.1, 0.15) is 0 Å². The van der Waals surface area contributed by atoms with Crippen molar-refractivity contribution >= 4 is 16.2 Å². The zero-order valence-electron chi connectivity index (χ0n) is 10.8. The van der Waals surface area contributed by atoms with Gasteiger partial charge in [0.2, 0.25) is 0 Å². The van der Waals surface area contributed by atoms with Crippen LogP contribution in [0, 0.1) is 0 Å². The number of carboxylic acids is 1. The summed E-state index contributed by atoms with van der Waals surface area (Å²) in [6.07, 6.45) is 1.04. The molecule has 0 aliphatic carbocycles. The number of nitrogens with one attached hydrogen (secondary N) is 1. The fourth-order valence-corrected chi connectivity index (χ4v) is 2.58. The molecule has 0 spiro atoms. The second kappa shape index (κ2) is 6.93. The van der Waals surface area contributed by atoms with Crippen LogP contribution in [-0.2, 0) is 15.0 Å². The van der Waals surface area contributed by atoms with Gasteiger partial charge in [-0.1, -0.05) is 0 Å². The summed E-state index contributed by atoms with van der Waals surface area (Å²) in [4.78, 5) is 10.3. The molecule has 0 aromatic heterocycles. The summed E-state index contributed by atoms with van der Waals surface area (Å²) >= 11 is 0. The minimum Gasteiger partial charge on any atom is -0.481 e. The molecule has 0 bridgehead atoms. The minimum atomic E-state index is -3.47. The van der Waals surface area contributed by atoms with Crippen molar-refractivity contribution in [3.63, 3.8) is 0 Å². The molecular weight excluding hydrogens is 244 g/mol. The SMILES string of the molecule is CC(CCCC(=O)O)NS(=O)(=O)N(C)C(C)C. The van der Waals surface area contributed by atoms with E-state index < -0.39 is 16.2 Å². The fourth-order valence-electron chi connectivity index (χ4n) is 1.23. The highest BCUT2D eigenvalue weighted by Gasteiger charge is 2.22. The minimum absolute atomic E-state index is 0.0616. The Bertz CT molecular complexity index is 340. The monoisotopic (exact) mass is 266 g/mol. The van der Waals surface area contributed by atoms with Gasteiger partial charge in [0.25, 0.3) is 10.2 Å². The van der Waals surface area contributed by atoms with E-state index in [0.717, 1.165) is 0 Å². The molecule has 0 aliphatic rings. The zero-order valence-corrected chi connectivity index (χ0v) is 11.6. The lowest BCUT2D eigenvalue weighted by Crippen LogP contribution is -2.45. The maximum Gasteiger partial charge on any atom is 0.303 e. The standard InChI is InChI=1S/C10H22N2O4S/c1-8(2)12(4)17(15,16)11-9(3)6-5-7-10(13)14/h8-9,11H,5-7H2,1-4H3,(H,13,14). The molecule has 17 heavy (non-hydrogen) atoms. The van der Waals surface area contributed by atoms with E-state index in [1.807, 2.05) is 0 Å². The van der Waals surface area contributed by atoms with Gasteiger partial charge in [0.15, 0.2) is 0 Å². The molecule has 0 radical (unpaired) electrons. The number of nitrogens with zero attached hydrogens (tertiary/aromatic N) is 1. The molecule has 102 valence electrons. The van der Waals surface area contributed by atoms with Crippen LogP contribution in [-0.4, -0.2) is 42.9 Å². The number of carbonyl (C=O) groups is 1. The van der Waals surface area contributed by atoms with Crippen LogP contribution >= 0.6 is 0 Å². The molecule has 0 aliphatic heterocycles. The Morgan fingerprint density at radius 2 is 1.88 bits per heavy atom. The quantitative estimate of drug-likeness (QED) is 0.680. The van der Waals surface area contributed by atoms with Gasteiger partial charge in [0, 0.05) is 25.6 Å². The van der Waals surface area contributed by atoms with Crippen LogP contribution in [0.2, 0.25) is 0 Å². The molecule has 1 unspecified atom stereocenters. The van der Waals surface area contributed by atoms with E-state index in [0.29, 0.717) is 12.8 Å². The maximum absolute atomic E-state index is 11.8. The second-order valence-corrected chi connectivity index (χ2v) is 6.18. The van der Waals surface area contributed by atoms with Crippen LogP contribution in [0.15, 0.2) is 0 Å². The van der Waals surface area contributed by atoms with Gasteiger partial charge in [-0.15, -0.1) is 0 Å². The lowest BCUT2D eigenvalue weighted by atomic mass is 10.1. The highest BCUT2D eigenvalue weighted by Crippen LogP contribution is 2.06. The first-order valence-electron chi connectivity index (χ1n) is 5.64. The van der Waals surface area contributed by atoms with Crippen LogP contribution in [0.5, 0.6) is 0 Å². The van der Waals surface area contributed by atoms with Gasteiger partial charge in [-0.2, -0.15) is 17.4 Å². The Hall–Kier alpha value is -0.660. The van der Waals surface area contributed by atoms with Gasteiger partial charge < -0.3 is 5.11 Å². The Morgan fingerprint density at radius 1 is 1.35 bits per heavy atom. The third kappa shape index (κ3) is 6.60. The van der Waals surface area contributed by atoms with Gasteiger partial charge in [-0.05, 0) is 33.6 Å². The maximum atomic E-state index is 11.8. The summed E-state index contributed by atoms with van der Waals surface area (Å²) in [6, 6.07) is -0.376. The Kier molecular flexibility index (Phi) is 6.66. The van der Waals surface area contributed by atoms with Crippen molar-refractivity contribution in [1.29, 1.82) is 0 Å². The van der Waals surface area contributed by atoms with E-state index in [1.165, 1.54) is 11.4 Å². The highest BCUT2D eigenvalue weighted by molar-refractivity contribution is 7.87. The third-order valence-electron chi connectivity index (χ3n) is 2.48. The van der Waals surface area contributed by atoms with Crippen molar-refractivity contribution in [1.82, 2.24) is 9.03 Å². The van der Waals surface area contributed by atoms with E-state index in [4.69, 9.17) is 5.11 Å². The lowest BCUT2D eigenvalue weighted by molar-refractivity contribution is -0.137. The summed E-state index contributed by atoms with van der Waals surface area (Å²) < 4.78 is 27.3. The molecule has 0 aromatic rings. The molecule has 0 saturated carbocycles. The van der Waals surface area contributed by atoms with Crippen LogP contribution < -0.4 is 4.72 Å². The van der Waals surface area contributed by atoms with Crippen molar-refractivity contribution < 1.29 is 18.3 Å². The molecule has 1 atom stereocenters. The van der Waals surface area contributed by atoms with Gasteiger partial charge >= 0.3 is 5.97 Å². The van der Waals surface area contributed by atoms with Crippen molar-refractivity contribution in [3.8, 4) is 0 Å². The fraction of sp³-hybridized carbons (Fsp3) is 0.900. The number of hydrogen-bond donors (Lipinski definition) is 2. The molecular formula is C10H22N2O4S. The Balaban J connectivity index is 4.19. The van der Waals surface area contributed by atoms with Gasteiger partial charge in [0.05, 0.1) is 0 Å². The number of aliphatic carboxylic acids is 1. The number of rotatable bonds is 8. The van der Waals surface area contributed by atoms with Crippen LogP contribution in [0.4, 0.5) is 0 Å². The first kappa shape index (κ1) is 16.3. The lowest BCUT2D eigenvalue weighted by Gasteiger charge is -2.23. The van der Waals surface area contributed by atoms with E-state index in [2.05, 4.69) is 4.72 Å². The summed E-state index contributed by atoms with van der Waals surface area (Å²) in [7, 11) is -1.96. The summed E-state index contributed by atoms with van der Waals surface area (Å²) in [5.74, 6) is -0.862. The van der Waals surface area contributed by atoms with E-state index in [1.54, 1.807) is 20.8 Å². The molecule has 2 N–H and O–H groups in total. The van der Waals surface area contributed by atoms with Crippen molar-refractivity contribution in [2.24, 2.45) is 0 Å². The summed E-state index contributed by atoms with van der Waals surface area (Å²) in [5.41, 5.74) is 0. The Labute approximate surface area is 103 Å². The van der Waals surface area contributed by atoms with Crippen molar-refractivity contribution in [2.45, 2.75) is 52.1 Å². The smallest absolute Gasteiger partial charge is 0.303 e. The molecule has 0 amide bonds. The van der Waals surface area contributed by atoms with Crippen molar-refractivity contribution in [3.05, 3.63) is 0 Å². The molecule has 0 saturated heterocycles. The highest BCUT2D eigenvalue weighted by atomic mass is 32.2. The van der Waals surface area contributed by atoms with E-state index >= 15 is 0 Å². The topological polar surface area (TPSA) is 86.7 Å². The predicted octanol–water partition coefficient (Wildman–Crippen LogP) is 0.804. The summed E-state index contributed by atoms with van der Waals surface area (Å²) in [6.45, 7) is 5.30. The molecule has 6 nitrogen and oxygen atoms in total. The second-order valence-electron chi connectivity index (χ2n) is 4.42. The zero-order chi connectivity index (χ0) is 13.6. The van der Waals surface area contributed by atoms with E-state index in [9.17, 15) is 13.2 Å². The number of carboxylic acid groups (broad SMARTS) is 1. The molecule has 0 rings (SSSR count). The third-order valence-corrected chi connectivity index (χ3v) is 4.36. The molecule has 7 heteroatoms. The average Bonchev–Trinajstić information content (AvgIpc) is 2.14. The molecule has 0 aromatic carbocycles. The first-order valence-corrected chi connectivity index (χ1v) is 7.08. The first-order chi connectivity index (χ1) is 7.66. The van der Waals surface area contributed by atoms with Crippen LogP contribution in [0.1, 0.15) is 40.0 Å². The number of hydrogen-bond acceptors (Lipinski definition) is 3.